The highest BCUT2D eigenvalue weighted by atomic mass is 16.4. The van der Waals surface area contributed by atoms with Gasteiger partial charge in [-0.25, -0.2) is 9.50 Å². The van der Waals surface area contributed by atoms with Crippen LogP contribution in [0.25, 0.3) is 5.65 Å². The van der Waals surface area contributed by atoms with Gasteiger partial charge >= 0.3 is 5.97 Å². The summed E-state index contributed by atoms with van der Waals surface area (Å²) in [5.74, 6) is -1.01. The number of aryl methyl sites for hydroxylation is 1. The normalized spacial score (nSPS) is 22.8. The highest BCUT2D eigenvalue weighted by molar-refractivity contribution is 5.76. The van der Waals surface area contributed by atoms with Crippen molar-refractivity contribution in [2.45, 2.75) is 32.4 Å². The van der Waals surface area contributed by atoms with E-state index < -0.39 is 17.5 Å². The predicted octanol–water partition coefficient (Wildman–Crippen LogP) is 1.21. The molecule has 0 aliphatic carbocycles. The maximum atomic E-state index is 12.3. The van der Waals surface area contributed by atoms with Crippen molar-refractivity contribution in [3.8, 4) is 0 Å². The summed E-state index contributed by atoms with van der Waals surface area (Å²) < 4.78 is 1.38. The van der Waals surface area contributed by atoms with Crippen LogP contribution >= 0.6 is 0 Å². The Balaban J connectivity index is 1.60. The van der Waals surface area contributed by atoms with E-state index in [1.165, 1.54) is 10.6 Å². The fraction of sp³-hybridized carbons (Fsp3) is 0.381. The molecule has 3 aromatic rings. The molecule has 1 aliphatic heterocycles. The van der Waals surface area contributed by atoms with Gasteiger partial charge in [-0.3, -0.25) is 19.6 Å². The third-order valence-electron chi connectivity index (χ3n) is 5.67. The fourth-order valence-corrected chi connectivity index (χ4v) is 4.19. The number of likely N-dealkylation sites (tertiary alicyclic amines) is 1. The molecule has 1 fully saturated rings. The largest absolute Gasteiger partial charge is 0.481 e. The summed E-state index contributed by atoms with van der Waals surface area (Å²) >= 11 is 0. The lowest BCUT2D eigenvalue weighted by atomic mass is 9.73. The molecular weight excluding hydrogens is 372 g/mol. The number of hydrogen-bond acceptors (Lipinski definition) is 5. The molecular formula is C21H24N4O4. The molecule has 1 saturated heterocycles. The zero-order valence-corrected chi connectivity index (χ0v) is 16.2. The lowest BCUT2D eigenvalue weighted by Gasteiger charge is -2.43. The van der Waals surface area contributed by atoms with Crippen LogP contribution in [0.3, 0.4) is 0 Å². The summed E-state index contributed by atoms with van der Waals surface area (Å²) in [6.45, 7) is 2.93. The van der Waals surface area contributed by atoms with Gasteiger partial charge in [-0.1, -0.05) is 30.3 Å². The predicted molar refractivity (Wildman–Crippen MR) is 107 cm³/mol. The van der Waals surface area contributed by atoms with E-state index in [2.05, 4.69) is 10.1 Å². The van der Waals surface area contributed by atoms with E-state index in [1.807, 2.05) is 42.2 Å². The van der Waals surface area contributed by atoms with Crippen LogP contribution in [0, 0.1) is 12.3 Å². The van der Waals surface area contributed by atoms with Crippen LogP contribution in [0.2, 0.25) is 0 Å². The zero-order valence-electron chi connectivity index (χ0n) is 16.2. The van der Waals surface area contributed by atoms with Gasteiger partial charge in [0.1, 0.15) is 5.41 Å². The standard InChI is InChI=1S/C21H24N4O4/c1-14-9-18-22-16(10-19(27)25(18)23-14)12-24-8-7-17(26)21(13-24,20(28)29)11-15-5-3-2-4-6-15/h2-6,9-10,17,23,26H,7-8,11-13H2,1H3,(H,28,29)/t17-,21-/m1/s1. The van der Waals surface area contributed by atoms with Crippen LogP contribution in [0.1, 0.15) is 23.4 Å². The molecule has 0 amide bonds. The van der Waals surface area contributed by atoms with Gasteiger partial charge in [-0.05, 0) is 25.3 Å². The molecule has 8 nitrogen and oxygen atoms in total. The fourth-order valence-electron chi connectivity index (χ4n) is 4.19. The van der Waals surface area contributed by atoms with E-state index in [0.29, 0.717) is 30.9 Å². The number of hydrogen-bond donors (Lipinski definition) is 3. The Morgan fingerprint density at radius 1 is 1.31 bits per heavy atom. The van der Waals surface area contributed by atoms with Crippen molar-refractivity contribution in [1.29, 1.82) is 0 Å². The summed E-state index contributed by atoms with van der Waals surface area (Å²) in [4.78, 5) is 31.1. The number of benzene rings is 1. The van der Waals surface area contributed by atoms with E-state index in [9.17, 15) is 19.8 Å². The lowest BCUT2D eigenvalue weighted by Crippen LogP contribution is -2.56. The molecule has 2 aromatic heterocycles. The van der Waals surface area contributed by atoms with Crippen molar-refractivity contribution in [2.24, 2.45) is 5.41 Å². The molecule has 1 aliphatic rings. The second-order valence-electron chi connectivity index (χ2n) is 7.86. The smallest absolute Gasteiger partial charge is 0.313 e. The van der Waals surface area contributed by atoms with Gasteiger partial charge in [0.25, 0.3) is 5.56 Å². The summed E-state index contributed by atoms with van der Waals surface area (Å²) in [5.41, 5.74) is 1.32. The first-order valence-electron chi connectivity index (χ1n) is 9.63. The van der Waals surface area contributed by atoms with Crippen LogP contribution in [0.15, 0.2) is 47.3 Å². The Bertz CT molecular complexity index is 1090. The minimum absolute atomic E-state index is 0.186. The Hall–Kier alpha value is -2.97. The van der Waals surface area contributed by atoms with E-state index in [0.717, 1.165) is 11.3 Å². The van der Waals surface area contributed by atoms with Crippen molar-refractivity contribution in [3.63, 3.8) is 0 Å². The molecule has 0 radical (unpaired) electrons. The Kier molecular flexibility index (Phi) is 4.97. The number of piperidine rings is 1. The maximum Gasteiger partial charge on any atom is 0.313 e. The monoisotopic (exact) mass is 396 g/mol. The SMILES string of the molecule is Cc1cc2nc(CN3CC[C@@H](O)[C@](Cc4ccccc4)(C(=O)O)C3)cc(=O)n2[nH]1. The molecule has 0 spiro atoms. The quantitative estimate of drug-likeness (QED) is 0.598. The first-order chi connectivity index (χ1) is 13.9. The minimum atomic E-state index is -1.30. The number of aromatic amines is 1. The van der Waals surface area contributed by atoms with Gasteiger partial charge in [0, 0.05) is 37.5 Å². The molecule has 152 valence electrons. The van der Waals surface area contributed by atoms with Gasteiger partial charge in [-0.2, -0.15) is 0 Å². The minimum Gasteiger partial charge on any atom is -0.481 e. The molecule has 3 heterocycles. The van der Waals surface area contributed by atoms with Crippen molar-refractivity contribution in [2.75, 3.05) is 13.1 Å². The summed E-state index contributed by atoms with van der Waals surface area (Å²) in [6, 6.07) is 12.6. The van der Waals surface area contributed by atoms with Crippen LogP contribution < -0.4 is 5.56 Å². The first-order valence-corrected chi connectivity index (χ1v) is 9.63. The number of aliphatic hydroxyl groups is 1. The van der Waals surface area contributed by atoms with E-state index in [1.54, 1.807) is 6.07 Å². The number of aliphatic hydroxyl groups excluding tert-OH is 1. The number of fused-ring (bicyclic) bond motifs is 1. The van der Waals surface area contributed by atoms with Crippen molar-refractivity contribution < 1.29 is 15.0 Å². The van der Waals surface area contributed by atoms with Crippen LogP contribution in [0.4, 0.5) is 0 Å². The number of carboxylic acids is 1. The van der Waals surface area contributed by atoms with Gasteiger partial charge in [0.05, 0.1) is 11.8 Å². The summed E-state index contributed by atoms with van der Waals surface area (Å²) in [7, 11) is 0. The average molecular weight is 396 g/mol. The molecule has 8 heteroatoms. The second kappa shape index (κ2) is 7.46. The zero-order chi connectivity index (χ0) is 20.6. The highest BCUT2D eigenvalue weighted by Crippen LogP contribution is 2.35. The van der Waals surface area contributed by atoms with Gasteiger partial charge in [0.2, 0.25) is 0 Å². The van der Waals surface area contributed by atoms with E-state index >= 15 is 0 Å². The van der Waals surface area contributed by atoms with Gasteiger partial charge in [0.15, 0.2) is 5.65 Å². The number of H-pyrrole nitrogens is 1. The van der Waals surface area contributed by atoms with Crippen molar-refractivity contribution in [3.05, 3.63) is 69.8 Å². The highest BCUT2D eigenvalue weighted by Gasteiger charge is 2.49. The van der Waals surface area contributed by atoms with E-state index in [-0.39, 0.29) is 18.5 Å². The molecule has 1 aromatic carbocycles. The maximum absolute atomic E-state index is 12.3. The number of aliphatic carboxylic acids is 1. The molecule has 3 N–H and O–H groups in total. The molecule has 2 atom stereocenters. The van der Waals surface area contributed by atoms with E-state index in [4.69, 9.17) is 0 Å². The molecule has 4 rings (SSSR count). The number of nitrogens with zero attached hydrogens (tertiary/aromatic N) is 3. The Morgan fingerprint density at radius 3 is 2.79 bits per heavy atom. The first kappa shape index (κ1) is 19.4. The van der Waals surface area contributed by atoms with Crippen LogP contribution in [-0.2, 0) is 17.8 Å². The number of nitrogens with one attached hydrogen (secondary N) is 1. The Labute approximate surface area is 167 Å². The topological polar surface area (TPSA) is 111 Å². The summed E-state index contributed by atoms with van der Waals surface area (Å²) in [5, 5.41) is 23.6. The third kappa shape index (κ3) is 3.68. The van der Waals surface area contributed by atoms with Crippen LogP contribution in [0.5, 0.6) is 0 Å². The lowest BCUT2D eigenvalue weighted by molar-refractivity contribution is -0.163. The molecule has 0 bridgehead atoms. The number of aromatic nitrogens is 3. The van der Waals surface area contributed by atoms with Crippen molar-refractivity contribution in [1.82, 2.24) is 19.5 Å². The molecule has 0 saturated carbocycles. The Morgan fingerprint density at radius 2 is 2.07 bits per heavy atom. The van der Waals surface area contributed by atoms with Gasteiger partial charge in [-0.15, -0.1) is 0 Å². The average Bonchev–Trinajstić information content (AvgIpc) is 3.06. The molecule has 0 unspecified atom stereocenters. The van der Waals surface area contributed by atoms with Gasteiger partial charge < -0.3 is 10.2 Å². The summed E-state index contributed by atoms with van der Waals surface area (Å²) in [6.07, 6.45) is -0.346. The number of carboxylic acid groups (broad SMARTS) is 1. The van der Waals surface area contributed by atoms with Crippen molar-refractivity contribution >= 4 is 11.6 Å². The van der Waals surface area contributed by atoms with Crippen LogP contribution in [-0.4, -0.2) is 54.9 Å². The second-order valence-corrected chi connectivity index (χ2v) is 7.86. The molecule has 29 heavy (non-hydrogen) atoms. The number of rotatable bonds is 5. The third-order valence-corrected chi connectivity index (χ3v) is 5.67. The number of carbonyl (C=O) groups is 1.